The van der Waals surface area contributed by atoms with Gasteiger partial charge in [0.1, 0.15) is 18.0 Å². The first-order chi connectivity index (χ1) is 12.5. The summed E-state index contributed by atoms with van der Waals surface area (Å²) in [5.41, 5.74) is 3.33. The third-order valence-electron chi connectivity index (χ3n) is 3.97. The van der Waals surface area contributed by atoms with E-state index in [1.165, 1.54) is 7.11 Å². The zero-order valence-electron chi connectivity index (χ0n) is 14.3. The summed E-state index contributed by atoms with van der Waals surface area (Å²) in [6.07, 6.45) is 1.20. The molecule has 0 saturated heterocycles. The maximum atomic E-state index is 11.5. The van der Waals surface area contributed by atoms with Crippen molar-refractivity contribution in [3.05, 3.63) is 58.5 Å². The van der Waals surface area contributed by atoms with E-state index in [0.717, 1.165) is 11.4 Å². The number of fused-ring (bicyclic) bond motifs is 1. The van der Waals surface area contributed by atoms with E-state index >= 15 is 0 Å². The number of imidazole rings is 1. The van der Waals surface area contributed by atoms with Gasteiger partial charge in [0.25, 0.3) is 0 Å². The monoisotopic (exact) mass is 375 g/mol. The van der Waals surface area contributed by atoms with Gasteiger partial charge >= 0.3 is 6.09 Å². The van der Waals surface area contributed by atoms with E-state index in [4.69, 9.17) is 16.3 Å². The van der Waals surface area contributed by atoms with Crippen LogP contribution in [0.4, 0.5) is 10.5 Å². The van der Waals surface area contributed by atoms with E-state index in [0.29, 0.717) is 27.7 Å². The van der Waals surface area contributed by atoms with Crippen LogP contribution in [0, 0.1) is 6.92 Å². The molecule has 0 unspecified atom stereocenters. The molecule has 2 heterocycles. The topological polar surface area (TPSA) is 85.1 Å². The number of methoxy groups -OCH3 is 1. The second kappa shape index (κ2) is 7.63. The quantitative estimate of drug-likeness (QED) is 0.712. The highest BCUT2D eigenvalue weighted by molar-refractivity contribution is 6.31. The number of aliphatic hydroxyl groups excluding tert-OH is 1. The molecule has 0 atom stereocenters. The number of aliphatic hydroxyl groups is 1. The average molecular weight is 376 g/mol. The van der Waals surface area contributed by atoms with Crippen molar-refractivity contribution in [2.75, 3.05) is 12.4 Å². The van der Waals surface area contributed by atoms with Gasteiger partial charge in [0, 0.05) is 22.8 Å². The van der Waals surface area contributed by atoms with Gasteiger partial charge in [-0.3, -0.25) is 5.32 Å². The average Bonchev–Trinajstić information content (AvgIpc) is 2.95. The molecule has 3 rings (SSSR count). The number of aromatic nitrogens is 2. The number of nitrogens with one attached hydrogen (secondary N) is 1. The molecule has 0 aliphatic heterocycles. The van der Waals surface area contributed by atoms with Gasteiger partial charge in [0.05, 0.1) is 30.8 Å². The van der Waals surface area contributed by atoms with Gasteiger partial charge in [-0.2, -0.15) is 0 Å². The van der Waals surface area contributed by atoms with Crippen molar-refractivity contribution in [2.45, 2.75) is 20.1 Å². The van der Waals surface area contributed by atoms with Crippen molar-refractivity contribution < 1.29 is 19.4 Å². The lowest BCUT2D eigenvalue weighted by molar-refractivity contribution is 0.187. The number of hydrogen-bond donors (Lipinski definition) is 2. The summed E-state index contributed by atoms with van der Waals surface area (Å²) in [6, 6.07) is 8.72. The van der Waals surface area contributed by atoms with E-state index in [1.807, 2.05) is 11.3 Å². The molecule has 1 amide bonds. The van der Waals surface area contributed by atoms with Crippen molar-refractivity contribution in [3.8, 4) is 5.75 Å². The largest absolute Gasteiger partial charge is 0.489 e. The molecule has 136 valence electrons. The van der Waals surface area contributed by atoms with Crippen molar-refractivity contribution in [1.29, 1.82) is 0 Å². The second-order valence-corrected chi connectivity index (χ2v) is 5.97. The van der Waals surface area contributed by atoms with Crippen molar-refractivity contribution in [2.24, 2.45) is 0 Å². The number of aryl methyl sites for hydroxylation is 1. The molecule has 3 aromatic rings. The summed E-state index contributed by atoms with van der Waals surface area (Å²) in [7, 11) is 1.29. The molecule has 0 radical (unpaired) electrons. The Kier molecular flexibility index (Phi) is 5.29. The number of hydrogen-bond acceptors (Lipinski definition) is 5. The van der Waals surface area contributed by atoms with Crippen molar-refractivity contribution >= 4 is 29.0 Å². The van der Waals surface area contributed by atoms with Crippen molar-refractivity contribution in [1.82, 2.24) is 9.38 Å². The normalized spacial score (nSPS) is 10.8. The minimum absolute atomic E-state index is 0.0879. The summed E-state index contributed by atoms with van der Waals surface area (Å²) >= 11 is 6.24. The molecule has 0 aliphatic carbocycles. The Morgan fingerprint density at radius 2 is 2.19 bits per heavy atom. The first-order valence-electron chi connectivity index (χ1n) is 7.87. The summed E-state index contributed by atoms with van der Waals surface area (Å²) in [5, 5.41) is 12.5. The Morgan fingerprint density at radius 1 is 1.38 bits per heavy atom. The molecule has 2 N–H and O–H groups in total. The van der Waals surface area contributed by atoms with Crippen LogP contribution in [-0.2, 0) is 18.0 Å². The number of ether oxygens (including phenoxy) is 2. The van der Waals surface area contributed by atoms with Crippen LogP contribution < -0.4 is 10.1 Å². The summed E-state index contributed by atoms with van der Waals surface area (Å²) in [4.78, 5) is 15.9. The highest BCUT2D eigenvalue weighted by Gasteiger charge is 2.12. The Bertz CT molecular complexity index is 955. The molecule has 2 aromatic heterocycles. The number of nitrogens with zero attached hydrogens (tertiary/aromatic N) is 2. The molecular weight excluding hydrogens is 358 g/mol. The molecule has 1 aromatic carbocycles. The number of pyridine rings is 1. The lowest BCUT2D eigenvalue weighted by Crippen LogP contribution is -2.13. The number of anilines is 1. The fourth-order valence-electron chi connectivity index (χ4n) is 2.61. The molecule has 8 heteroatoms. The fraction of sp³-hybridized carbons (Fsp3) is 0.222. The predicted octanol–water partition coefficient (Wildman–Crippen LogP) is 3.55. The van der Waals surface area contributed by atoms with Crippen LogP contribution in [0.15, 0.2) is 36.5 Å². The highest BCUT2D eigenvalue weighted by Crippen LogP contribution is 2.27. The van der Waals surface area contributed by atoms with E-state index < -0.39 is 6.09 Å². The summed E-state index contributed by atoms with van der Waals surface area (Å²) < 4.78 is 12.3. The van der Waals surface area contributed by atoms with Crippen LogP contribution in [-0.4, -0.2) is 27.7 Å². The van der Waals surface area contributed by atoms with Gasteiger partial charge in [-0.15, -0.1) is 0 Å². The lowest BCUT2D eigenvalue weighted by Gasteiger charge is -2.13. The van der Waals surface area contributed by atoms with Crippen LogP contribution in [0.3, 0.4) is 0 Å². The van der Waals surface area contributed by atoms with Crippen LogP contribution in [0.25, 0.3) is 5.65 Å². The van der Waals surface area contributed by atoms with E-state index in [9.17, 15) is 9.90 Å². The Balaban J connectivity index is 1.83. The molecule has 0 bridgehead atoms. The van der Waals surface area contributed by atoms with Gasteiger partial charge in [0.15, 0.2) is 0 Å². The van der Waals surface area contributed by atoms with Crippen LogP contribution in [0.5, 0.6) is 5.75 Å². The Hall–Kier alpha value is -2.77. The van der Waals surface area contributed by atoms with E-state index in [1.54, 1.807) is 36.5 Å². The lowest BCUT2D eigenvalue weighted by atomic mass is 10.2. The summed E-state index contributed by atoms with van der Waals surface area (Å²) in [6.45, 7) is 1.91. The smallest absolute Gasteiger partial charge is 0.411 e. The number of amides is 1. The number of carbonyl (C=O) groups excluding carboxylic acids is 1. The maximum absolute atomic E-state index is 11.5. The first kappa shape index (κ1) is 18.0. The van der Waals surface area contributed by atoms with Gasteiger partial charge in [0.2, 0.25) is 0 Å². The molecule has 0 spiro atoms. The van der Waals surface area contributed by atoms with Gasteiger partial charge < -0.3 is 19.0 Å². The SMILES string of the molecule is COC(=O)Nc1cccc(Cl)c1COc1ccn2c(CO)c(C)nc2c1. The first-order valence-corrected chi connectivity index (χ1v) is 8.25. The zero-order chi connectivity index (χ0) is 18.7. The van der Waals surface area contributed by atoms with Crippen LogP contribution in [0.2, 0.25) is 5.02 Å². The molecule has 26 heavy (non-hydrogen) atoms. The third-order valence-corrected chi connectivity index (χ3v) is 4.32. The molecule has 0 fully saturated rings. The Morgan fingerprint density at radius 3 is 2.92 bits per heavy atom. The van der Waals surface area contributed by atoms with Crippen LogP contribution >= 0.6 is 11.6 Å². The molecule has 0 saturated carbocycles. The molecule has 7 nitrogen and oxygen atoms in total. The van der Waals surface area contributed by atoms with Gasteiger partial charge in [-0.1, -0.05) is 17.7 Å². The highest BCUT2D eigenvalue weighted by atomic mass is 35.5. The number of carbonyl (C=O) groups is 1. The minimum atomic E-state index is -0.584. The van der Waals surface area contributed by atoms with Gasteiger partial charge in [-0.25, -0.2) is 9.78 Å². The van der Waals surface area contributed by atoms with Crippen molar-refractivity contribution in [3.63, 3.8) is 0 Å². The minimum Gasteiger partial charge on any atom is -0.489 e. The van der Waals surface area contributed by atoms with E-state index in [-0.39, 0.29) is 13.2 Å². The Labute approximate surface area is 155 Å². The summed E-state index contributed by atoms with van der Waals surface area (Å²) in [5.74, 6) is 0.593. The standard InChI is InChI=1S/C18H18ClN3O4/c1-11-16(9-23)22-7-6-12(8-17(22)20-11)26-10-13-14(19)4-3-5-15(13)21-18(24)25-2/h3-8,23H,9-10H2,1-2H3,(H,21,24). The fourth-order valence-corrected chi connectivity index (χ4v) is 2.84. The predicted molar refractivity (Wildman–Crippen MR) is 97.7 cm³/mol. The third kappa shape index (κ3) is 3.58. The number of rotatable bonds is 5. The molecular formula is C18H18ClN3O4. The zero-order valence-corrected chi connectivity index (χ0v) is 15.1. The van der Waals surface area contributed by atoms with E-state index in [2.05, 4.69) is 15.0 Å². The maximum Gasteiger partial charge on any atom is 0.411 e. The van der Waals surface area contributed by atoms with Crippen LogP contribution in [0.1, 0.15) is 17.0 Å². The second-order valence-electron chi connectivity index (χ2n) is 5.56. The number of halogens is 1. The number of benzene rings is 1. The van der Waals surface area contributed by atoms with Gasteiger partial charge in [-0.05, 0) is 25.1 Å². The molecule has 0 aliphatic rings.